The SMILES string of the molecule is COC(=O)c1cc(/C=C/C(=O)OC(C)(C)C)c(-c2ccc3nc(-c4sc(C)nc4C)ccc3c2)c(C2CCCCC2)c1. The van der Waals surface area contributed by atoms with Crippen molar-refractivity contribution >= 4 is 40.3 Å². The van der Waals surface area contributed by atoms with Crippen LogP contribution in [0.4, 0.5) is 0 Å². The van der Waals surface area contributed by atoms with Crippen LogP contribution in [0, 0.1) is 13.8 Å². The normalized spacial score (nSPS) is 14.4. The van der Waals surface area contributed by atoms with E-state index in [0.29, 0.717) is 11.5 Å². The van der Waals surface area contributed by atoms with E-state index < -0.39 is 17.5 Å². The third-order valence-electron chi connectivity index (χ3n) is 7.59. The molecule has 2 heterocycles. The van der Waals surface area contributed by atoms with Crippen molar-refractivity contribution in [3.63, 3.8) is 0 Å². The average molecular weight is 583 g/mol. The van der Waals surface area contributed by atoms with Crippen molar-refractivity contribution in [1.82, 2.24) is 9.97 Å². The highest BCUT2D eigenvalue weighted by atomic mass is 32.1. The summed E-state index contributed by atoms with van der Waals surface area (Å²) in [5, 5.41) is 2.04. The van der Waals surface area contributed by atoms with Crippen molar-refractivity contribution in [2.24, 2.45) is 0 Å². The summed E-state index contributed by atoms with van der Waals surface area (Å²) in [5.74, 6) is -0.518. The van der Waals surface area contributed by atoms with Gasteiger partial charge in [-0.25, -0.2) is 19.6 Å². The molecular formula is C35H38N2O4S. The van der Waals surface area contributed by atoms with Crippen molar-refractivity contribution < 1.29 is 19.1 Å². The van der Waals surface area contributed by atoms with Crippen LogP contribution in [0.3, 0.4) is 0 Å². The van der Waals surface area contributed by atoms with Crippen molar-refractivity contribution in [3.8, 4) is 21.7 Å². The van der Waals surface area contributed by atoms with E-state index in [1.54, 1.807) is 17.4 Å². The third kappa shape index (κ3) is 6.62. The predicted molar refractivity (Wildman–Crippen MR) is 170 cm³/mol. The van der Waals surface area contributed by atoms with E-state index in [9.17, 15) is 9.59 Å². The summed E-state index contributed by atoms with van der Waals surface area (Å²) in [4.78, 5) is 36.1. The van der Waals surface area contributed by atoms with Crippen molar-refractivity contribution in [1.29, 1.82) is 0 Å². The molecule has 0 unspecified atom stereocenters. The summed E-state index contributed by atoms with van der Waals surface area (Å²) in [5.41, 5.74) is 6.62. The van der Waals surface area contributed by atoms with Gasteiger partial charge in [0.05, 0.1) is 39.5 Å². The van der Waals surface area contributed by atoms with Crippen LogP contribution in [0.2, 0.25) is 0 Å². The molecule has 5 rings (SSSR count). The minimum atomic E-state index is -0.605. The fraction of sp³-hybridized carbons (Fsp3) is 0.371. The first kappa shape index (κ1) is 29.6. The number of benzene rings is 2. The van der Waals surface area contributed by atoms with Crippen LogP contribution in [0.5, 0.6) is 0 Å². The summed E-state index contributed by atoms with van der Waals surface area (Å²) < 4.78 is 10.7. The summed E-state index contributed by atoms with van der Waals surface area (Å²) in [7, 11) is 1.40. The number of methoxy groups -OCH3 is 1. The molecule has 2 aromatic carbocycles. The van der Waals surface area contributed by atoms with Crippen molar-refractivity contribution in [2.75, 3.05) is 7.11 Å². The Hall–Kier alpha value is -3.84. The number of ether oxygens (including phenoxy) is 2. The molecule has 1 aliphatic rings. The molecule has 6 nitrogen and oxygen atoms in total. The van der Waals surface area contributed by atoms with Crippen molar-refractivity contribution in [2.45, 2.75) is 78.2 Å². The maximum Gasteiger partial charge on any atom is 0.337 e. The molecule has 0 bridgehead atoms. The lowest BCUT2D eigenvalue weighted by Crippen LogP contribution is -2.22. The molecule has 7 heteroatoms. The van der Waals surface area contributed by atoms with Gasteiger partial charge in [-0.15, -0.1) is 11.3 Å². The van der Waals surface area contributed by atoms with Gasteiger partial charge in [0, 0.05) is 11.5 Å². The molecule has 42 heavy (non-hydrogen) atoms. The fourth-order valence-corrected chi connectivity index (χ4v) is 6.68. The maximum absolute atomic E-state index is 12.8. The van der Waals surface area contributed by atoms with E-state index in [2.05, 4.69) is 35.3 Å². The Kier molecular flexibility index (Phi) is 8.60. The van der Waals surface area contributed by atoms with Gasteiger partial charge in [-0.05, 0) is 112 Å². The molecule has 0 saturated heterocycles. The molecule has 0 radical (unpaired) electrons. The first-order valence-electron chi connectivity index (χ1n) is 14.6. The largest absolute Gasteiger partial charge is 0.465 e. The Bertz CT molecular complexity index is 1670. The van der Waals surface area contributed by atoms with E-state index in [1.165, 1.54) is 19.6 Å². The lowest BCUT2D eigenvalue weighted by Gasteiger charge is -2.26. The van der Waals surface area contributed by atoms with Gasteiger partial charge in [-0.1, -0.05) is 31.4 Å². The van der Waals surface area contributed by atoms with E-state index in [4.69, 9.17) is 14.5 Å². The molecule has 1 saturated carbocycles. The minimum Gasteiger partial charge on any atom is -0.465 e. The zero-order valence-electron chi connectivity index (χ0n) is 25.2. The predicted octanol–water partition coefficient (Wildman–Crippen LogP) is 8.83. The number of hydrogen-bond acceptors (Lipinski definition) is 7. The number of aromatic nitrogens is 2. The number of aryl methyl sites for hydroxylation is 2. The molecule has 0 N–H and O–H groups in total. The van der Waals surface area contributed by atoms with E-state index in [1.807, 2.05) is 46.8 Å². The second-order valence-corrected chi connectivity index (χ2v) is 13.2. The summed E-state index contributed by atoms with van der Waals surface area (Å²) in [6.07, 6.45) is 8.84. The summed E-state index contributed by atoms with van der Waals surface area (Å²) in [6.45, 7) is 9.56. The number of carbonyl (C=O) groups is 2. The third-order valence-corrected chi connectivity index (χ3v) is 8.68. The molecule has 4 aromatic rings. The Labute approximate surface area is 251 Å². The van der Waals surface area contributed by atoms with Crippen LogP contribution in [-0.2, 0) is 14.3 Å². The zero-order valence-corrected chi connectivity index (χ0v) is 26.1. The Morgan fingerprint density at radius 2 is 1.74 bits per heavy atom. The van der Waals surface area contributed by atoms with Gasteiger partial charge in [0.2, 0.25) is 0 Å². The number of esters is 2. The van der Waals surface area contributed by atoms with Gasteiger partial charge in [-0.3, -0.25) is 0 Å². The Morgan fingerprint density at radius 1 is 0.976 bits per heavy atom. The molecule has 1 fully saturated rings. The highest BCUT2D eigenvalue weighted by molar-refractivity contribution is 7.15. The molecule has 0 aliphatic heterocycles. The van der Waals surface area contributed by atoms with Crippen LogP contribution in [0.15, 0.2) is 48.5 Å². The fourth-order valence-electron chi connectivity index (χ4n) is 5.79. The summed E-state index contributed by atoms with van der Waals surface area (Å²) in [6, 6.07) is 14.3. The van der Waals surface area contributed by atoms with Gasteiger partial charge in [0.25, 0.3) is 0 Å². The van der Waals surface area contributed by atoms with E-state index >= 15 is 0 Å². The van der Waals surface area contributed by atoms with Crippen LogP contribution in [0.1, 0.15) is 91.0 Å². The minimum absolute atomic E-state index is 0.306. The molecule has 2 aromatic heterocycles. The molecular weight excluding hydrogens is 544 g/mol. The average Bonchev–Trinajstić information content (AvgIpc) is 3.31. The number of hydrogen-bond donors (Lipinski definition) is 0. The molecule has 0 amide bonds. The quantitative estimate of drug-likeness (QED) is 0.167. The molecule has 218 valence electrons. The Balaban J connectivity index is 1.66. The molecule has 0 atom stereocenters. The summed E-state index contributed by atoms with van der Waals surface area (Å²) >= 11 is 1.66. The number of carbonyl (C=O) groups excluding carboxylic acids is 2. The van der Waals surface area contributed by atoms with Gasteiger partial charge in [-0.2, -0.15) is 0 Å². The first-order valence-corrected chi connectivity index (χ1v) is 15.4. The van der Waals surface area contributed by atoms with Crippen molar-refractivity contribution in [3.05, 3.63) is 75.9 Å². The topological polar surface area (TPSA) is 78.4 Å². The number of pyridine rings is 1. The van der Waals surface area contributed by atoms with Crippen LogP contribution < -0.4 is 0 Å². The van der Waals surface area contributed by atoms with Crippen LogP contribution in [0.25, 0.3) is 38.7 Å². The second-order valence-electron chi connectivity index (χ2n) is 12.0. The smallest absolute Gasteiger partial charge is 0.337 e. The van der Waals surface area contributed by atoms with E-state index in [-0.39, 0.29) is 0 Å². The van der Waals surface area contributed by atoms with Gasteiger partial charge in [0.15, 0.2) is 0 Å². The van der Waals surface area contributed by atoms with Gasteiger partial charge in [0.1, 0.15) is 5.60 Å². The molecule has 1 aliphatic carbocycles. The first-order chi connectivity index (χ1) is 20.0. The number of rotatable bonds is 6. The van der Waals surface area contributed by atoms with Gasteiger partial charge < -0.3 is 9.47 Å². The number of thiazole rings is 1. The number of fused-ring (bicyclic) bond motifs is 1. The van der Waals surface area contributed by atoms with Crippen LogP contribution in [-0.4, -0.2) is 34.6 Å². The molecule has 0 spiro atoms. The lowest BCUT2D eigenvalue weighted by atomic mass is 9.78. The zero-order chi connectivity index (χ0) is 30.0. The van der Waals surface area contributed by atoms with Gasteiger partial charge >= 0.3 is 11.9 Å². The van der Waals surface area contributed by atoms with Crippen LogP contribution >= 0.6 is 11.3 Å². The number of nitrogens with zero attached hydrogens (tertiary/aromatic N) is 2. The standard InChI is InChI=1S/C35H38N2O4S/c1-21-33(42-22(2)36-21)30-16-12-24-18-25(13-15-29(24)37-30)32-26(14-17-31(38)41-35(3,4)5)19-27(34(39)40-6)20-28(32)23-10-8-7-9-11-23/h12-20,23H,7-11H2,1-6H3/b17-14+. The highest BCUT2D eigenvalue weighted by Crippen LogP contribution is 2.42. The lowest BCUT2D eigenvalue weighted by molar-refractivity contribution is -0.148. The highest BCUT2D eigenvalue weighted by Gasteiger charge is 2.24. The monoisotopic (exact) mass is 582 g/mol. The second kappa shape index (κ2) is 12.2. The van der Waals surface area contributed by atoms with E-state index in [0.717, 1.165) is 80.1 Å². The maximum atomic E-state index is 12.8. The Morgan fingerprint density at radius 3 is 2.40 bits per heavy atom.